The van der Waals surface area contributed by atoms with Gasteiger partial charge in [0.05, 0.1) is 0 Å². The van der Waals surface area contributed by atoms with E-state index in [0.29, 0.717) is 0 Å². The Morgan fingerprint density at radius 3 is 2.33 bits per heavy atom. The van der Waals surface area contributed by atoms with Gasteiger partial charge in [-0.2, -0.15) is 0 Å². The van der Waals surface area contributed by atoms with E-state index < -0.39 is 0 Å². The van der Waals surface area contributed by atoms with Crippen molar-refractivity contribution in [1.29, 1.82) is 0 Å². The van der Waals surface area contributed by atoms with Crippen LogP contribution in [-0.2, 0) is 6.54 Å². The van der Waals surface area contributed by atoms with Gasteiger partial charge in [-0.05, 0) is 30.2 Å². The maximum Gasteiger partial charge on any atom is 0.105 e. The minimum absolute atomic E-state index is 0.891. The fraction of sp³-hybridized carbons (Fsp3) is 0.167. The normalized spacial score (nSPS) is 10.5. The highest BCUT2D eigenvalue weighted by Crippen LogP contribution is 2.20. The van der Waals surface area contributed by atoms with E-state index in [1.807, 2.05) is 25.4 Å². The molecule has 0 aliphatic rings. The van der Waals surface area contributed by atoms with Crippen molar-refractivity contribution in [3.05, 3.63) is 72.8 Å². The first-order valence-corrected chi connectivity index (χ1v) is 7.20. The zero-order valence-corrected chi connectivity index (χ0v) is 12.2. The molecule has 0 saturated carbocycles. The quantitative estimate of drug-likeness (QED) is 0.764. The number of benzene rings is 2. The predicted molar refractivity (Wildman–Crippen MR) is 87.3 cm³/mol. The van der Waals surface area contributed by atoms with Crippen LogP contribution in [0.3, 0.4) is 0 Å². The lowest BCUT2D eigenvalue weighted by Crippen LogP contribution is -2.10. The lowest BCUT2D eigenvalue weighted by molar-refractivity contribution is 0.701. The van der Waals surface area contributed by atoms with Crippen molar-refractivity contribution in [1.82, 2.24) is 9.55 Å². The number of aryl methyl sites for hydroxylation is 1. The second-order valence-electron chi connectivity index (χ2n) is 5.04. The van der Waals surface area contributed by atoms with Gasteiger partial charge >= 0.3 is 0 Å². The van der Waals surface area contributed by atoms with E-state index in [9.17, 15) is 0 Å². The molecule has 0 amide bonds. The maximum atomic E-state index is 4.22. The Morgan fingerprint density at radius 2 is 1.67 bits per heavy atom. The van der Waals surface area contributed by atoms with Crippen molar-refractivity contribution in [2.45, 2.75) is 13.5 Å². The molecule has 0 fully saturated rings. The minimum atomic E-state index is 0.891. The molecule has 0 spiro atoms. The molecule has 3 aromatic rings. The summed E-state index contributed by atoms with van der Waals surface area (Å²) in [7, 11) is 0. The van der Waals surface area contributed by atoms with Crippen LogP contribution in [-0.4, -0.2) is 16.1 Å². The highest BCUT2D eigenvalue weighted by Gasteiger charge is 1.98. The summed E-state index contributed by atoms with van der Waals surface area (Å²) in [4.78, 5) is 4.22. The van der Waals surface area contributed by atoms with Gasteiger partial charge in [0.25, 0.3) is 0 Å². The van der Waals surface area contributed by atoms with Crippen LogP contribution in [0, 0.1) is 6.92 Å². The lowest BCUT2D eigenvalue weighted by atomic mass is 10.1. The van der Waals surface area contributed by atoms with Crippen molar-refractivity contribution < 1.29 is 0 Å². The molecular weight excluding hydrogens is 258 g/mol. The van der Waals surface area contributed by atoms with Crippen LogP contribution in [0.5, 0.6) is 0 Å². The third kappa shape index (κ3) is 3.31. The van der Waals surface area contributed by atoms with E-state index in [-0.39, 0.29) is 0 Å². The fourth-order valence-corrected chi connectivity index (χ4v) is 2.37. The van der Waals surface area contributed by atoms with Crippen LogP contribution in [0.4, 0.5) is 5.69 Å². The van der Waals surface area contributed by atoms with Crippen LogP contribution >= 0.6 is 0 Å². The van der Waals surface area contributed by atoms with Gasteiger partial charge in [0.15, 0.2) is 0 Å². The number of hydrogen-bond donors (Lipinski definition) is 1. The molecule has 2 aromatic carbocycles. The standard InChI is InChI=1S/C18H19N3/c1-15-19-11-13-21(15)14-12-20-18-9-7-17(8-10-18)16-5-3-2-4-6-16/h2-11,13,20H,12,14H2,1H3. The Bertz CT molecular complexity index is 684. The average molecular weight is 277 g/mol. The molecule has 0 bridgehead atoms. The van der Waals surface area contributed by atoms with Gasteiger partial charge in [-0.3, -0.25) is 0 Å². The summed E-state index contributed by atoms with van der Waals surface area (Å²) < 4.78 is 2.14. The van der Waals surface area contributed by atoms with Crippen molar-refractivity contribution in [3.63, 3.8) is 0 Å². The van der Waals surface area contributed by atoms with Gasteiger partial charge in [0.1, 0.15) is 5.82 Å². The second kappa shape index (κ2) is 6.27. The summed E-state index contributed by atoms with van der Waals surface area (Å²) in [6, 6.07) is 19.0. The largest absolute Gasteiger partial charge is 0.383 e. The monoisotopic (exact) mass is 277 g/mol. The Morgan fingerprint density at radius 1 is 0.952 bits per heavy atom. The first-order valence-electron chi connectivity index (χ1n) is 7.20. The summed E-state index contributed by atoms with van der Waals surface area (Å²) in [6.07, 6.45) is 3.85. The molecule has 0 aliphatic carbocycles. The first kappa shape index (κ1) is 13.4. The van der Waals surface area contributed by atoms with Crippen molar-refractivity contribution in [3.8, 4) is 11.1 Å². The molecule has 0 aliphatic heterocycles. The number of imidazole rings is 1. The van der Waals surface area contributed by atoms with Crippen molar-refractivity contribution >= 4 is 5.69 Å². The number of anilines is 1. The molecule has 1 aromatic heterocycles. The van der Waals surface area contributed by atoms with Crippen molar-refractivity contribution in [2.24, 2.45) is 0 Å². The molecule has 1 N–H and O–H groups in total. The molecule has 3 heteroatoms. The summed E-state index contributed by atoms with van der Waals surface area (Å²) in [5.74, 6) is 1.05. The Balaban J connectivity index is 1.59. The van der Waals surface area contributed by atoms with Gasteiger partial charge in [-0.15, -0.1) is 0 Å². The smallest absolute Gasteiger partial charge is 0.105 e. The SMILES string of the molecule is Cc1nccn1CCNc1ccc(-c2ccccc2)cc1. The fourth-order valence-electron chi connectivity index (χ4n) is 2.37. The number of nitrogens with zero attached hydrogens (tertiary/aromatic N) is 2. The summed E-state index contributed by atoms with van der Waals surface area (Å²) in [5.41, 5.74) is 3.64. The number of hydrogen-bond acceptors (Lipinski definition) is 2. The Kier molecular flexibility index (Phi) is 4.01. The van der Waals surface area contributed by atoms with E-state index in [2.05, 4.69) is 63.4 Å². The summed E-state index contributed by atoms with van der Waals surface area (Å²) in [5, 5.41) is 3.44. The van der Waals surface area contributed by atoms with Crippen LogP contribution in [0.1, 0.15) is 5.82 Å². The van der Waals surface area contributed by atoms with Crippen molar-refractivity contribution in [2.75, 3.05) is 11.9 Å². The minimum Gasteiger partial charge on any atom is -0.383 e. The first-order chi connectivity index (χ1) is 10.3. The van der Waals surface area contributed by atoms with Crippen LogP contribution in [0.15, 0.2) is 67.0 Å². The molecule has 3 nitrogen and oxygen atoms in total. The van der Waals surface area contributed by atoms with Gasteiger partial charge in [0, 0.05) is 31.2 Å². The van der Waals surface area contributed by atoms with E-state index in [0.717, 1.165) is 24.6 Å². The van der Waals surface area contributed by atoms with E-state index in [4.69, 9.17) is 0 Å². The van der Waals surface area contributed by atoms with E-state index in [1.54, 1.807) is 0 Å². The Hall–Kier alpha value is -2.55. The summed E-state index contributed by atoms with van der Waals surface area (Å²) >= 11 is 0. The number of nitrogens with one attached hydrogen (secondary N) is 1. The molecule has 0 saturated heterocycles. The van der Waals surface area contributed by atoms with E-state index in [1.165, 1.54) is 11.1 Å². The van der Waals surface area contributed by atoms with Crippen LogP contribution < -0.4 is 5.32 Å². The summed E-state index contributed by atoms with van der Waals surface area (Å²) in [6.45, 7) is 3.84. The van der Waals surface area contributed by atoms with E-state index >= 15 is 0 Å². The molecule has 0 unspecified atom stereocenters. The Labute approximate surface area is 125 Å². The van der Waals surface area contributed by atoms with Gasteiger partial charge in [-0.1, -0.05) is 42.5 Å². The maximum absolute atomic E-state index is 4.22. The predicted octanol–water partition coefficient (Wildman–Crippen LogP) is 3.97. The van der Waals surface area contributed by atoms with Gasteiger partial charge in [-0.25, -0.2) is 4.98 Å². The molecule has 0 atom stereocenters. The zero-order valence-electron chi connectivity index (χ0n) is 12.2. The average Bonchev–Trinajstić information content (AvgIpc) is 2.94. The third-order valence-electron chi connectivity index (χ3n) is 3.60. The second-order valence-corrected chi connectivity index (χ2v) is 5.04. The third-order valence-corrected chi connectivity index (χ3v) is 3.60. The van der Waals surface area contributed by atoms with Gasteiger partial charge in [0.2, 0.25) is 0 Å². The molecule has 1 heterocycles. The zero-order chi connectivity index (χ0) is 14.5. The van der Waals surface area contributed by atoms with Gasteiger partial charge < -0.3 is 9.88 Å². The highest BCUT2D eigenvalue weighted by molar-refractivity contribution is 5.65. The van der Waals surface area contributed by atoms with Crippen LogP contribution in [0.2, 0.25) is 0 Å². The molecular formula is C18H19N3. The lowest BCUT2D eigenvalue weighted by Gasteiger charge is -2.09. The topological polar surface area (TPSA) is 29.9 Å². The highest BCUT2D eigenvalue weighted by atomic mass is 15.1. The molecule has 21 heavy (non-hydrogen) atoms. The molecule has 3 rings (SSSR count). The number of aromatic nitrogens is 2. The molecule has 0 radical (unpaired) electrons. The van der Waals surface area contributed by atoms with Crippen LogP contribution in [0.25, 0.3) is 11.1 Å². The number of rotatable bonds is 5. The molecule has 106 valence electrons.